The van der Waals surface area contributed by atoms with Gasteiger partial charge in [-0.2, -0.15) is 13.7 Å². The number of fused-ring (bicyclic) bond motifs is 12. The zero-order valence-corrected chi connectivity index (χ0v) is 61.8. The van der Waals surface area contributed by atoms with Crippen LogP contribution in [0.15, 0.2) is 165 Å². The highest BCUT2D eigenvalue weighted by molar-refractivity contribution is 6.90. The van der Waals surface area contributed by atoms with Gasteiger partial charge >= 0.3 is 0 Å². The first-order valence-corrected chi connectivity index (χ1v) is 43.5. The first-order chi connectivity index (χ1) is 44.4. The fraction of sp³-hybridized carbons (Fsp3) is 0.253. The molecule has 0 aliphatic carbocycles. The molecule has 0 unspecified atom stereocenters. The minimum atomic E-state index is -1.51. The lowest BCUT2D eigenvalue weighted by Crippen LogP contribution is -2.45. The van der Waals surface area contributed by atoms with Crippen LogP contribution in [-0.2, 0) is 21.1 Å². The number of furan rings is 3. The molecule has 0 bridgehead atoms. The van der Waals surface area contributed by atoms with Crippen LogP contribution >= 0.6 is 0 Å². The maximum absolute atomic E-state index is 14.3. The van der Waals surface area contributed by atoms with E-state index in [1.54, 1.807) is 19.2 Å². The van der Waals surface area contributed by atoms with Crippen molar-refractivity contribution in [3.05, 3.63) is 208 Å². The normalized spacial score (nSPS) is 12.4. The van der Waals surface area contributed by atoms with Gasteiger partial charge in [-0.25, -0.2) is 9.37 Å². The lowest BCUT2D eigenvalue weighted by molar-refractivity contribution is -0.633. The highest BCUT2D eigenvalue weighted by Crippen LogP contribution is 2.43. The molecule has 0 aliphatic rings. The highest BCUT2D eigenvalue weighted by atomic mass is 28.3. The Hall–Kier alpha value is -8.88. The van der Waals surface area contributed by atoms with Crippen molar-refractivity contribution in [2.24, 2.45) is 21.1 Å². The number of aryl methyl sites for hydroxylation is 10. The van der Waals surface area contributed by atoms with Crippen LogP contribution in [0, 0.1) is 68.1 Å². The van der Waals surface area contributed by atoms with Crippen molar-refractivity contribution < 1.29 is 31.3 Å². The van der Waals surface area contributed by atoms with Gasteiger partial charge in [0.25, 0.3) is 0 Å². The third-order valence-corrected chi connectivity index (χ3v) is 26.4. The van der Waals surface area contributed by atoms with E-state index >= 15 is 0 Å². The summed E-state index contributed by atoms with van der Waals surface area (Å²) in [7, 11) is 2.16. The largest absolute Gasteiger partial charge is 0.455 e. The van der Waals surface area contributed by atoms with Crippen molar-refractivity contribution in [3.63, 3.8) is 0 Å². The molecule has 0 amide bonds. The molecule has 7 heterocycles. The van der Waals surface area contributed by atoms with E-state index in [4.69, 9.17) is 13.3 Å². The van der Waals surface area contributed by atoms with E-state index in [-0.39, 0.29) is 5.82 Å². The van der Waals surface area contributed by atoms with E-state index in [0.29, 0.717) is 16.9 Å². The summed E-state index contributed by atoms with van der Waals surface area (Å²) in [5, 5.41) is 14.9. The molecular weight excluding hydrogens is 1200 g/mol. The second kappa shape index (κ2) is 23.2. The predicted molar refractivity (Wildman–Crippen MR) is 403 cm³/mol. The summed E-state index contributed by atoms with van der Waals surface area (Å²) in [5.41, 5.74) is 26.4. The number of hydrogen-bond donors (Lipinski definition) is 0. The van der Waals surface area contributed by atoms with Crippen LogP contribution in [0.4, 0.5) is 4.39 Å². The zero-order valence-electron chi connectivity index (χ0n) is 58.8. The van der Waals surface area contributed by atoms with Crippen molar-refractivity contribution in [1.29, 1.82) is 0 Å². The van der Waals surface area contributed by atoms with Crippen LogP contribution in [0.2, 0.25) is 58.9 Å². The van der Waals surface area contributed by atoms with Gasteiger partial charge in [0, 0.05) is 95.8 Å². The molecule has 0 aliphatic heterocycles. The lowest BCUT2D eigenvalue weighted by Gasteiger charge is -2.19. The second-order valence-corrected chi connectivity index (χ2v) is 44.9. The molecule has 0 radical (unpaired) electrons. The number of benzene rings is 8. The third-order valence-electron chi connectivity index (χ3n) is 20.3. The maximum atomic E-state index is 14.3. The molecular formula is C83H88FN4O3Si3+3. The average molecular weight is 1290 g/mol. The Morgan fingerprint density at radius 2 is 0.830 bits per heavy atom. The van der Waals surface area contributed by atoms with Crippen molar-refractivity contribution in [1.82, 2.24) is 4.98 Å². The minimum Gasteiger partial charge on any atom is -0.455 e. The molecule has 0 N–H and O–H groups in total. The van der Waals surface area contributed by atoms with Gasteiger partial charge in [0.05, 0.1) is 40.9 Å². The van der Waals surface area contributed by atoms with Crippen molar-refractivity contribution >= 4 is 138 Å². The molecule has 0 fully saturated rings. The van der Waals surface area contributed by atoms with Gasteiger partial charge in [0.15, 0.2) is 5.58 Å². The third kappa shape index (κ3) is 10.7. The van der Waals surface area contributed by atoms with Gasteiger partial charge in [-0.15, -0.1) is 0 Å². The van der Waals surface area contributed by atoms with Gasteiger partial charge in [0.1, 0.15) is 49.3 Å². The molecule has 0 spiro atoms. The molecule has 11 heteroatoms. The molecule has 7 aromatic heterocycles. The van der Waals surface area contributed by atoms with Gasteiger partial charge in [-0.3, -0.25) is 0 Å². The molecule has 0 atom stereocenters. The van der Waals surface area contributed by atoms with Gasteiger partial charge in [-0.05, 0) is 167 Å². The summed E-state index contributed by atoms with van der Waals surface area (Å²) in [6.07, 6.45) is 1.79. The Morgan fingerprint density at radius 1 is 0.351 bits per heavy atom. The fourth-order valence-corrected chi connectivity index (χ4v) is 18.3. The molecule has 7 nitrogen and oxygen atoms in total. The van der Waals surface area contributed by atoms with E-state index in [9.17, 15) is 4.39 Å². The van der Waals surface area contributed by atoms with Crippen LogP contribution < -0.4 is 29.3 Å². The number of nitrogens with zero attached hydrogens (tertiary/aromatic N) is 4. The van der Waals surface area contributed by atoms with E-state index in [2.05, 4.69) is 275 Å². The summed E-state index contributed by atoms with van der Waals surface area (Å²) in [6, 6.07) is 52.3. The Kier molecular flexibility index (Phi) is 15.8. The van der Waals surface area contributed by atoms with Crippen LogP contribution in [0.3, 0.4) is 0 Å². The van der Waals surface area contributed by atoms with Gasteiger partial charge < -0.3 is 13.3 Å². The summed E-state index contributed by atoms with van der Waals surface area (Å²) >= 11 is 0. The van der Waals surface area contributed by atoms with Gasteiger partial charge in [-0.1, -0.05) is 124 Å². The van der Waals surface area contributed by atoms with Crippen LogP contribution in [0.25, 0.3) is 132 Å². The molecule has 0 saturated carbocycles. The Morgan fingerprint density at radius 3 is 1.40 bits per heavy atom. The van der Waals surface area contributed by atoms with E-state index in [1.165, 1.54) is 126 Å². The summed E-state index contributed by atoms with van der Waals surface area (Å²) in [6.45, 7) is 40.9. The fourth-order valence-electron chi connectivity index (χ4n) is 14.4. The van der Waals surface area contributed by atoms with Crippen molar-refractivity contribution in [2.75, 3.05) is 0 Å². The van der Waals surface area contributed by atoms with E-state index in [1.807, 2.05) is 18.2 Å². The van der Waals surface area contributed by atoms with Crippen molar-refractivity contribution in [3.8, 4) is 33.8 Å². The summed E-state index contributed by atoms with van der Waals surface area (Å²) in [4.78, 5) is 4.47. The SMILES string of the molecule is Cc1cc2c(oc3c(C)c(F)ccc32)c(-c2cc(C)c3ccc([Si](C)(C)C)cc3[n+]2C)c1C.Cc1cc2c(oc3ncccc32)c(-c2cc(C)c3ccc([Si](C)(C)C)cc3[n+]2C)c1C.Cc1ccc2c(oc3ccccc32)c1-c1cc(C)c2cccc([Si](C)(C)C)c2[n+]1C. The first-order valence-electron chi connectivity index (χ1n) is 33.0. The molecule has 94 heavy (non-hydrogen) atoms. The number of aromatic nitrogens is 4. The number of pyridine rings is 4. The standard InChI is InChI=1S/C29H31FNOSi.C27H29N2OSi.C27H28NOSi/c1-16-13-23-22-11-12-24(30)19(4)28(22)32-29(23)27(18(16)3)26-14-17(2)21-10-9-20(33(6,7)8)15-25(21)31(26)5;1-16-13-22-21-9-8-12-28-27(21)30-26(22)25(18(16)3)24-14-17(2)20-11-10-19(31(5,6)7)15-23(20)29(24)4;1-17-14-15-21-20-10-7-8-12-23(20)29-27(21)25(17)22-16-18(2)19-11-9-13-24(30(4,5)6)26(19)28(22)3/h9-15H,1-8H3;8-15H,1-7H3;7-16H,1-6H3/q3*+1. The summed E-state index contributed by atoms with van der Waals surface area (Å²) < 4.78 is 40.5. The van der Waals surface area contributed by atoms with Crippen LogP contribution in [0.1, 0.15) is 50.1 Å². The Labute approximate surface area is 555 Å². The quantitative estimate of drug-likeness (QED) is 0.123. The number of para-hydroxylation sites is 2. The predicted octanol–water partition coefficient (Wildman–Crippen LogP) is 19.6. The number of halogens is 1. The number of rotatable bonds is 6. The maximum Gasteiger partial charge on any atom is 0.227 e. The molecule has 0 saturated heterocycles. The van der Waals surface area contributed by atoms with E-state index in [0.717, 1.165) is 55.1 Å². The highest BCUT2D eigenvalue weighted by Gasteiger charge is 2.32. The van der Waals surface area contributed by atoms with Gasteiger partial charge in [0.2, 0.25) is 39.3 Å². The topological polar surface area (TPSA) is 64.0 Å². The smallest absolute Gasteiger partial charge is 0.227 e. The summed E-state index contributed by atoms with van der Waals surface area (Å²) in [5.74, 6) is -0.234. The van der Waals surface area contributed by atoms with E-state index < -0.39 is 24.2 Å². The first kappa shape index (κ1) is 63.9. The zero-order chi connectivity index (χ0) is 67.1. The molecule has 474 valence electrons. The lowest BCUT2D eigenvalue weighted by atomic mass is 9.94. The Balaban J connectivity index is 0.000000128. The number of hydrogen-bond acceptors (Lipinski definition) is 4. The Bertz CT molecular complexity index is 5670. The molecule has 15 rings (SSSR count). The van der Waals surface area contributed by atoms with Crippen LogP contribution in [-0.4, -0.2) is 29.2 Å². The molecule has 8 aromatic carbocycles. The minimum absolute atomic E-state index is 0.234. The van der Waals surface area contributed by atoms with Crippen LogP contribution in [0.5, 0.6) is 0 Å². The molecule has 15 aromatic rings. The monoisotopic (exact) mass is 1290 g/mol. The van der Waals surface area contributed by atoms with Crippen molar-refractivity contribution in [2.45, 2.75) is 121 Å². The average Bonchev–Trinajstić information content (AvgIpc) is 1.41. The second-order valence-electron chi connectivity index (χ2n) is 29.7.